The van der Waals surface area contributed by atoms with Gasteiger partial charge in [0.15, 0.2) is 0 Å². The molecule has 1 heterocycles. The fraction of sp³-hybridized carbons (Fsp3) is 0.231. The van der Waals surface area contributed by atoms with Crippen molar-refractivity contribution >= 4 is 31.9 Å². The molecule has 0 saturated heterocycles. The Kier molecular flexibility index (Phi) is 3.76. The van der Waals surface area contributed by atoms with E-state index >= 15 is 0 Å². The van der Waals surface area contributed by atoms with Crippen LogP contribution in [0, 0.1) is 13.8 Å². The van der Waals surface area contributed by atoms with E-state index in [9.17, 15) is 0 Å². The van der Waals surface area contributed by atoms with Gasteiger partial charge in [-0.3, -0.25) is 0 Å². The van der Waals surface area contributed by atoms with Crippen LogP contribution in [0.2, 0.25) is 0 Å². The molecule has 0 aliphatic rings. The summed E-state index contributed by atoms with van der Waals surface area (Å²) in [6.45, 7) is 4.04. The van der Waals surface area contributed by atoms with E-state index < -0.39 is 0 Å². The first-order chi connectivity index (χ1) is 8.00. The molecule has 2 rings (SSSR count). The number of benzene rings is 1. The second-order valence-corrected chi connectivity index (χ2v) is 5.78. The van der Waals surface area contributed by atoms with Crippen molar-refractivity contribution in [3.8, 4) is 0 Å². The van der Waals surface area contributed by atoms with Gasteiger partial charge in [0, 0.05) is 8.95 Å². The predicted octanol–water partition coefficient (Wildman–Crippen LogP) is 4.47. The Balaban J connectivity index is 2.48. The van der Waals surface area contributed by atoms with Crippen LogP contribution in [0.15, 0.2) is 37.8 Å². The molecule has 0 spiro atoms. The number of hydrogen-bond donors (Lipinski definition) is 1. The van der Waals surface area contributed by atoms with Gasteiger partial charge in [-0.2, -0.15) is 0 Å². The minimum atomic E-state index is -0.253. The molecule has 1 atom stereocenters. The van der Waals surface area contributed by atoms with E-state index in [-0.39, 0.29) is 6.04 Å². The fourth-order valence-corrected chi connectivity index (χ4v) is 2.81. The van der Waals surface area contributed by atoms with Crippen molar-refractivity contribution in [2.24, 2.45) is 5.73 Å². The van der Waals surface area contributed by atoms with Crippen molar-refractivity contribution in [3.05, 3.63) is 55.9 Å². The maximum absolute atomic E-state index is 6.24. The van der Waals surface area contributed by atoms with Crippen LogP contribution in [0.4, 0.5) is 0 Å². The molecular weight excluding hydrogens is 346 g/mol. The van der Waals surface area contributed by atoms with Gasteiger partial charge in [-0.15, -0.1) is 0 Å². The second kappa shape index (κ2) is 4.96. The first-order valence-corrected chi connectivity index (χ1v) is 6.84. The molecule has 0 saturated carbocycles. The van der Waals surface area contributed by atoms with Crippen molar-refractivity contribution in [2.75, 3.05) is 0 Å². The van der Waals surface area contributed by atoms with Crippen LogP contribution in [0.25, 0.3) is 0 Å². The van der Waals surface area contributed by atoms with Crippen molar-refractivity contribution in [1.82, 2.24) is 0 Å². The van der Waals surface area contributed by atoms with Crippen LogP contribution < -0.4 is 5.73 Å². The Morgan fingerprint density at radius 1 is 1.12 bits per heavy atom. The maximum Gasteiger partial charge on any atom is 0.127 e. The highest BCUT2D eigenvalue weighted by Gasteiger charge is 2.18. The Hall–Kier alpha value is -0.580. The minimum Gasteiger partial charge on any atom is -0.467 e. The van der Waals surface area contributed by atoms with Crippen molar-refractivity contribution in [1.29, 1.82) is 0 Å². The van der Waals surface area contributed by atoms with Crippen LogP contribution in [-0.2, 0) is 0 Å². The first kappa shape index (κ1) is 12.9. The smallest absolute Gasteiger partial charge is 0.127 e. The third-order valence-corrected chi connectivity index (χ3v) is 4.34. The SMILES string of the molecule is Cc1cc(Br)c(C(N)c2occc2C)cc1Br. The summed E-state index contributed by atoms with van der Waals surface area (Å²) in [5.74, 6) is 0.807. The average Bonchev–Trinajstić information content (AvgIpc) is 2.69. The zero-order valence-corrected chi connectivity index (χ0v) is 12.8. The van der Waals surface area contributed by atoms with Gasteiger partial charge in [0.2, 0.25) is 0 Å². The van der Waals surface area contributed by atoms with Crippen LogP contribution >= 0.6 is 31.9 Å². The lowest BCUT2D eigenvalue weighted by Gasteiger charge is -2.14. The quantitative estimate of drug-likeness (QED) is 0.860. The van der Waals surface area contributed by atoms with Gasteiger partial charge < -0.3 is 10.2 Å². The molecule has 1 aromatic heterocycles. The molecule has 17 heavy (non-hydrogen) atoms. The van der Waals surface area contributed by atoms with Crippen molar-refractivity contribution in [3.63, 3.8) is 0 Å². The molecular formula is C13H13Br2NO. The highest BCUT2D eigenvalue weighted by Crippen LogP contribution is 2.32. The fourth-order valence-electron chi connectivity index (χ4n) is 1.74. The molecule has 0 aliphatic heterocycles. The molecule has 2 nitrogen and oxygen atoms in total. The third kappa shape index (κ3) is 2.49. The summed E-state index contributed by atoms with van der Waals surface area (Å²) in [6.07, 6.45) is 1.67. The number of aryl methyl sites for hydroxylation is 2. The van der Waals surface area contributed by atoms with Gasteiger partial charge in [-0.05, 0) is 48.7 Å². The summed E-state index contributed by atoms with van der Waals surface area (Å²) >= 11 is 7.07. The average molecular weight is 359 g/mol. The van der Waals surface area contributed by atoms with E-state index in [4.69, 9.17) is 10.2 Å². The standard InChI is InChI=1S/C13H13Br2NO/c1-7-3-4-17-13(7)12(16)9-6-10(14)8(2)5-11(9)15/h3-6,12H,16H2,1-2H3. The van der Waals surface area contributed by atoms with E-state index in [1.807, 2.05) is 26.0 Å². The molecule has 1 unspecified atom stereocenters. The zero-order valence-electron chi connectivity index (χ0n) is 9.63. The van der Waals surface area contributed by atoms with E-state index in [0.29, 0.717) is 0 Å². The molecule has 0 fully saturated rings. The number of rotatable bonds is 2. The van der Waals surface area contributed by atoms with E-state index in [0.717, 1.165) is 25.8 Å². The molecule has 0 aliphatic carbocycles. The summed E-state index contributed by atoms with van der Waals surface area (Å²) in [6, 6.07) is 5.76. The summed E-state index contributed by atoms with van der Waals surface area (Å²) in [4.78, 5) is 0. The molecule has 0 radical (unpaired) electrons. The van der Waals surface area contributed by atoms with E-state index in [1.54, 1.807) is 6.26 Å². The predicted molar refractivity (Wildman–Crippen MR) is 76.1 cm³/mol. The summed E-state index contributed by atoms with van der Waals surface area (Å²) in [7, 11) is 0. The minimum absolute atomic E-state index is 0.253. The summed E-state index contributed by atoms with van der Waals surface area (Å²) < 4.78 is 7.50. The molecule has 1 aromatic carbocycles. The van der Waals surface area contributed by atoms with Crippen LogP contribution in [0.5, 0.6) is 0 Å². The topological polar surface area (TPSA) is 39.2 Å². The highest BCUT2D eigenvalue weighted by molar-refractivity contribution is 9.11. The van der Waals surface area contributed by atoms with Gasteiger partial charge in [0.1, 0.15) is 5.76 Å². The van der Waals surface area contributed by atoms with Crippen LogP contribution in [0.3, 0.4) is 0 Å². The number of nitrogens with two attached hydrogens (primary N) is 1. The lowest BCUT2D eigenvalue weighted by Crippen LogP contribution is -2.13. The van der Waals surface area contributed by atoms with Crippen molar-refractivity contribution < 1.29 is 4.42 Å². The van der Waals surface area contributed by atoms with Crippen LogP contribution in [-0.4, -0.2) is 0 Å². The molecule has 2 aromatic rings. The highest BCUT2D eigenvalue weighted by atomic mass is 79.9. The Morgan fingerprint density at radius 3 is 2.41 bits per heavy atom. The Bertz CT molecular complexity index is 548. The van der Waals surface area contributed by atoms with Crippen molar-refractivity contribution in [2.45, 2.75) is 19.9 Å². The molecule has 0 amide bonds. The lowest BCUT2D eigenvalue weighted by atomic mass is 10.0. The van der Waals surface area contributed by atoms with E-state index in [2.05, 4.69) is 37.9 Å². The first-order valence-electron chi connectivity index (χ1n) is 5.26. The number of hydrogen-bond acceptors (Lipinski definition) is 2. The van der Waals surface area contributed by atoms with Gasteiger partial charge in [0.05, 0.1) is 12.3 Å². The second-order valence-electron chi connectivity index (χ2n) is 4.07. The lowest BCUT2D eigenvalue weighted by molar-refractivity contribution is 0.486. The van der Waals surface area contributed by atoms with Gasteiger partial charge in [-0.1, -0.05) is 31.9 Å². The summed E-state index contributed by atoms with van der Waals surface area (Å²) in [5, 5.41) is 0. The molecule has 90 valence electrons. The van der Waals surface area contributed by atoms with Gasteiger partial charge in [0.25, 0.3) is 0 Å². The Labute approximate surface area is 117 Å². The van der Waals surface area contributed by atoms with E-state index in [1.165, 1.54) is 5.56 Å². The normalized spacial score (nSPS) is 12.8. The molecule has 0 bridgehead atoms. The maximum atomic E-state index is 6.24. The van der Waals surface area contributed by atoms with Gasteiger partial charge in [-0.25, -0.2) is 0 Å². The molecule has 4 heteroatoms. The number of halogens is 2. The molecule has 2 N–H and O–H groups in total. The third-order valence-electron chi connectivity index (χ3n) is 2.80. The number of furan rings is 1. The summed E-state index contributed by atoms with van der Waals surface area (Å²) in [5.41, 5.74) is 9.49. The monoisotopic (exact) mass is 357 g/mol. The largest absolute Gasteiger partial charge is 0.467 e. The van der Waals surface area contributed by atoms with Gasteiger partial charge >= 0.3 is 0 Å². The van der Waals surface area contributed by atoms with Crippen LogP contribution in [0.1, 0.15) is 28.5 Å². The zero-order chi connectivity index (χ0) is 12.6. The Morgan fingerprint density at radius 2 is 1.82 bits per heavy atom.